The molecule has 1 heterocycles. The standard InChI is InChI=1S/C14H12F3N3O3/c1-22-11-5-3-8(14(15,16)17)7-10(11)18-13(21)9-4-6-12(23-2)20-19-9/h3-7H,1-2H3,(H,18,21). The zero-order valence-corrected chi connectivity index (χ0v) is 12.1. The molecule has 9 heteroatoms. The molecule has 1 amide bonds. The highest BCUT2D eigenvalue weighted by Gasteiger charge is 2.31. The summed E-state index contributed by atoms with van der Waals surface area (Å²) in [7, 11) is 2.67. The Bertz CT molecular complexity index is 703. The van der Waals surface area contributed by atoms with Crippen LogP contribution in [0.4, 0.5) is 18.9 Å². The van der Waals surface area contributed by atoms with Gasteiger partial charge in [-0.25, -0.2) is 0 Å². The maximum absolute atomic E-state index is 12.8. The SMILES string of the molecule is COc1ccc(C(=O)Nc2cc(C(F)(F)F)ccc2OC)nn1. The van der Waals surface area contributed by atoms with Gasteiger partial charge in [-0.3, -0.25) is 4.79 Å². The molecular weight excluding hydrogens is 315 g/mol. The van der Waals surface area contributed by atoms with E-state index in [4.69, 9.17) is 9.47 Å². The third kappa shape index (κ3) is 3.87. The maximum Gasteiger partial charge on any atom is 0.416 e. The second-order valence-corrected chi connectivity index (χ2v) is 4.33. The summed E-state index contributed by atoms with van der Waals surface area (Å²) in [6.07, 6.45) is -4.54. The molecule has 0 unspecified atom stereocenters. The zero-order valence-electron chi connectivity index (χ0n) is 12.1. The molecule has 1 N–H and O–H groups in total. The molecule has 122 valence electrons. The van der Waals surface area contributed by atoms with E-state index in [1.807, 2.05) is 0 Å². The molecule has 6 nitrogen and oxygen atoms in total. The second kappa shape index (κ2) is 6.51. The van der Waals surface area contributed by atoms with Crippen LogP contribution >= 0.6 is 0 Å². The molecule has 2 aromatic rings. The average Bonchev–Trinajstić information content (AvgIpc) is 2.54. The third-order valence-corrected chi connectivity index (χ3v) is 2.86. The van der Waals surface area contributed by atoms with Crippen molar-refractivity contribution < 1.29 is 27.4 Å². The number of hydrogen-bond donors (Lipinski definition) is 1. The molecule has 0 radical (unpaired) electrons. The molecule has 0 aliphatic rings. The van der Waals surface area contributed by atoms with Gasteiger partial charge in [0.2, 0.25) is 5.88 Å². The first-order valence-corrected chi connectivity index (χ1v) is 6.29. The topological polar surface area (TPSA) is 73.3 Å². The van der Waals surface area contributed by atoms with E-state index in [0.29, 0.717) is 0 Å². The number of rotatable bonds is 4. The van der Waals surface area contributed by atoms with E-state index in [1.54, 1.807) is 0 Å². The first kappa shape index (κ1) is 16.5. The molecule has 0 aliphatic heterocycles. The van der Waals surface area contributed by atoms with Crippen LogP contribution in [0.1, 0.15) is 16.1 Å². The van der Waals surface area contributed by atoms with E-state index in [9.17, 15) is 18.0 Å². The van der Waals surface area contributed by atoms with Gasteiger partial charge in [0.15, 0.2) is 5.69 Å². The quantitative estimate of drug-likeness (QED) is 0.935. The van der Waals surface area contributed by atoms with Crippen LogP contribution in [-0.4, -0.2) is 30.3 Å². The number of alkyl halides is 3. The minimum atomic E-state index is -4.54. The van der Waals surface area contributed by atoms with Gasteiger partial charge >= 0.3 is 6.18 Å². The summed E-state index contributed by atoms with van der Waals surface area (Å²) in [5, 5.41) is 9.56. The molecule has 0 saturated carbocycles. The Morgan fingerprint density at radius 1 is 1.09 bits per heavy atom. The fraction of sp³-hybridized carbons (Fsp3) is 0.214. The number of methoxy groups -OCH3 is 2. The van der Waals surface area contributed by atoms with Gasteiger partial charge in [0, 0.05) is 6.07 Å². The van der Waals surface area contributed by atoms with Gasteiger partial charge in [-0.2, -0.15) is 13.2 Å². The molecule has 0 saturated heterocycles. The second-order valence-electron chi connectivity index (χ2n) is 4.33. The van der Waals surface area contributed by atoms with Gasteiger partial charge in [0.1, 0.15) is 5.75 Å². The van der Waals surface area contributed by atoms with Crippen molar-refractivity contribution in [1.29, 1.82) is 0 Å². The number of benzene rings is 1. The fourth-order valence-corrected chi connectivity index (χ4v) is 1.72. The number of anilines is 1. The van der Waals surface area contributed by atoms with Crippen molar-refractivity contribution in [2.45, 2.75) is 6.18 Å². The van der Waals surface area contributed by atoms with Crippen molar-refractivity contribution in [3.8, 4) is 11.6 Å². The van der Waals surface area contributed by atoms with Gasteiger partial charge in [-0.05, 0) is 24.3 Å². The van der Waals surface area contributed by atoms with E-state index in [-0.39, 0.29) is 23.0 Å². The normalized spacial score (nSPS) is 11.0. The van der Waals surface area contributed by atoms with Crippen molar-refractivity contribution in [2.24, 2.45) is 0 Å². The summed E-state index contributed by atoms with van der Waals surface area (Å²) >= 11 is 0. The Morgan fingerprint density at radius 2 is 1.83 bits per heavy atom. The van der Waals surface area contributed by atoms with Crippen molar-refractivity contribution in [3.05, 3.63) is 41.6 Å². The summed E-state index contributed by atoms with van der Waals surface area (Å²) in [6, 6.07) is 5.51. The van der Waals surface area contributed by atoms with Gasteiger partial charge in [0.05, 0.1) is 25.5 Å². The molecule has 0 bridgehead atoms. The van der Waals surface area contributed by atoms with E-state index in [2.05, 4.69) is 15.5 Å². The monoisotopic (exact) mass is 327 g/mol. The van der Waals surface area contributed by atoms with E-state index in [0.717, 1.165) is 18.2 Å². The van der Waals surface area contributed by atoms with Crippen LogP contribution in [0.3, 0.4) is 0 Å². The van der Waals surface area contributed by atoms with Crippen molar-refractivity contribution in [1.82, 2.24) is 10.2 Å². The Morgan fingerprint density at radius 3 is 2.35 bits per heavy atom. The van der Waals surface area contributed by atoms with E-state index >= 15 is 0 Å². The number of nitrogens with zero attached hydrogens (tertiary/aromatic N) is 2. The van der Waals surface area contributed by atoms with Crippen LogP contribution in [0.15, 0.2) is 30.3 Å². The highest BCUT2D eigenvalue weighted by molar-refractivity contribution is 6.03. The number of carbonyl (C=O) groups is 1. The number of nitrogens with one attached hydrogen (secondary N) is 1. The van der Waals surface area contributed by atoms with Crippen molar-refractivity contribution >= 4 is 11.6 Å². The van der Waals surface area contributed by atoms with Crippen LogP contribution in [-0.2, 0) is 6.18 Å². The lowest BCUT2D eigenvalue weighted by Gasteiger charge is -2.13. The van der Waals surface area contributed by atoms with Crippen LogP contribution in [0, 0.1) is 0 Å². The highest BCUT2D eigenvalue weighted by atomic mass is 19.4. The third-order valence-electron chi connectivity index (χ3n) is 2.86. The molecule has 2 rings (SSSR count). The summed E-state index contributed by atoms with van der Waals surface area (Å²) in [6.45, 7) is 0. The van der Waals surface area contributed by atoms with Gasteiger partial charge < -0.3 is 14.8 Å². The minimum Gasteiger partial charge on any atom is -0.495 e. The number of aromatic nitrogens is 2. The summed E-state index contributed by atoms with van der Waals surface area (Å²) < 4.78 is 48.0. The molecule has 23 heavy (non-hydrogen) atoms. The van der Waals surface area contributed by atoms with Crippen molar-refractivity contribution in [2.75, 3.05) is 19.5 Å². The largest absolute Gasteiger partial charge is 0.495 e. The molecule has 0 atom stereocenters. The van der Waals surface area contributed by atoms with Gasteiger partial charge in [0.25, 0.3) is 5.91 Å². The zero-order chi connectivity index (χ0) is 17.0. The maximum atomic E-state index is 12.8. The number of amides is 1. The first-order valence-electron chi connectivity index (χ1n) is 6.29. The molecule has 0 aliphatic carbocycles. The molecular formula is C14H12F3N3O3. The Hall–Kier alpha value is -2.84. The van der Waals surface area contributed by atoms with Gasteiger partial charge in [-0.1, -0.05) is 0 Å². The summed E-state index contributed by atoms with van der Waals surface area (Å²) in [4.78, 5) is 12.1. The lowest BCUT2D eigenvalue weighted by molar-refractivity contribution is -0.137. The predicted octanol–water partition coefficient (Wildman–Crippen LogP) is 2.76. The minimum absolute atomic E-state index is 0.0785. The first-order chi connectivity index (χ1) is 10.8. The number of hydrogen-bond acceptors (Lipinski definition) is 5. The number of ether oxygens (including phenoxy) is 2. The van der Waals surface area contributed by atoms with E-state index < -0.39 is 17.6 Å². The Kier molecular flexibility index (Phi) is 4.68. The molecule has 0 fully saturated rings. The Balaban J connectivity index is 2.28. The number of halogens is 3. The van der Waals surface area contributed by atoms with Crippen LogP contribution in [0.2, 0.25) is 0 Å². The van der Waals surface area contributed by atoms with Gasteiger partial charge in [-0.15, -0.1) is 10.2 Å². The highest BCUT2D eigenvalue weighted by Crippen LogP contribution is 2.35. The molecule has 1 aromatic carbocycles. The summed E-state index contributed by atoms with van der Waals surface area (Å²) in [5.41, 5.74) is -1.11. The van der Waals surface area contributed by atoms with Crippen LogP contribution in [0.25, 0.3) is 0 Å². The predicted molar refractivity (Wildman–Crippen MR) is 74.5 cm³/mol. The summed E-state index contributed by atoms with van der Waals surface area (Å²) in [5.74, 6) is -0.427. The molecule has 0 spiro atoms. The van der Waals surface area contributed by atoms with Crippen molar-refractivity contribution in [3.63, 3.8) is 0 Å². The smallest absolute Gasteiger partial charge is 0.416 e. The van der Waals surface area contributed by atoms with E-state index in [1.165, 1.54) is 26.4 Å². The molecule has 1 aromatic heterocycles. The van der Waals surface area contributed by atoms with Crippen LogP contribution < -0.4 is 14.8 Å². The lowest BCUT2D eigenvalue weighted by atomic mass is 10.1. The lowest BCUT2D eigenvalue weighted by Crippen LogP contribution is -2.16. The number of carbonyl (C=O) groups excluding carboxylic acids is 1. The van der Waals surface area contributed by atoms with Crippen LogP contribution in [0.5, 0.6) is 11.6 Å². The fourth-order valence-electron chi connectivity index (χ4n) is 1.72. The average molecular weight is 327 g/mol. The Labute approximate surface area is 129 Å².